The van der Waals surface area contributed by atoms with E-state index in [-0.39, 0.29) is 0 Å². The molecule has 0 aliphatic rings. The fourth-order valence-corrected chi connectivity index (χ4v) is 2.57. The second-order valence-corrected chi connectivity index (χ2v) is 5.81. The molecular formula is C20H20N3. The van der Waals surface area contributed by atoms with Crippen molar-refractivity contribution >= 4 is 0 Å². The summed E-state index contributed by atoms with van der Waals surface area (Å²) in [5, 5.41) is 0. The highest BCUT2D eigenvalue weighted by atomic mass is 15.1. The highest BCUT2D eigenvalue weighted by Crippen LogP contribution is 2.18. The minimum Gasteiger partial charge on any atom is -0.298 e. The molecule has 3 aromatic rings. The van der Waals surface area contributed by atoms with E-state index in [1.807, 2.05) is 12.4 Å². The number of nitrogens with zero attached hydrogens (tertiary/aromatic N) is 3. The van der Waals surface area contributed by atoms with E-state index in [9.17, 15) is 0 Å². The van der Waals surface area contributed by atoms with E-state index in [1.54, 1.807) is 6.33 Å². The van der Waals surface area contributed by atoms with Gasteiger partial charge in [0.05, 0.1) is 0 Å². The van der Waals surface area contributed by atoms with Crippen LogP contribution in [0.3, 0.4) is 0 Å². The number of benzene rings is 2. The zero-order chi connectivity index (χ0) is 16.1. The third-order valence-corrected chi connectivity index (χ3v) is 3.78. The van der Waals surface area contributed by atoms with Crippen molar-refractivity contribution < 1.29 is 0 Å². The van der Waals surface area contributed by atoms with E-state index in [0.29, 0.717) is 0 Å². The van der Waals surface area contributed by atoms with Gasteiger partial charge in [0, 0.05) is 31.0 Å². The van der Waals surface area contributed by atoms with Crippen molar-refractivity contribution in [3.63, 3.8) is 0 Å². The van der Waals surface area contributed by atoms with Crippen molar-refractivity contribution in [3.8, 4) is 11.1 Å². The monoisotopic (exact) mass is 302 g/mol. The maximum Gasteiger partial charge on any atom is 0.115 e. The Balaban J connectivity index is 1.62. The summed E-state index contributed by atoms with van der Waals surface area (Å²) in [6, 6.07) is 17.0. The van der Waals surface area contributed by atoms with Crippen molar-refractivity contribution in [1.82, 2.24) is 14.9 Å². The highest BCUT2D eigenvalue weighted by Gasteiger charge is 2.03. The molecule has 0 fully saturated rings. The fraction of sp³-hybridized carbons (Fsp3) is 0.150. The van der Waals surface area contributed by atoms with E-state index < -0.39 is 0 Å². The van der Waals surface area contributed by atoms with Crippen LogP contribution in [0.15, 0.2) is 67.3 Å². The van der Waals surface area contributed by atoms with Gasteiger partial charge in [0.25, 0.3) is 0 Å². The third-order valence-electron chi connectivity index (χ3n) is 3.78. The lowest BCUT2D eigenvalue weighted by Crippen LogP contribution is -2.17. The van der Waals surface area contributed by atoms with Crippen LogP contribution in [-0.4, -0.2) is 21.9 Å². The zero-order valence-corrected chi connectivity index (χ0v) is 13.3. The Kier molecular flexibility index (Phi) is 4.79. The van der Waals surface area contributed by atoms with Crippen molar-refractivity contribution in [1.29, 1.82) is 0 Å². The van der Waals surface area contributed by atoms with Gasteiger partial charge in [-0.3, -0.25) is 4.90 Å². The largest absolute Gasteiger partial charge is 0.298 e. The molecule has 115 valence electrons. The van der Waals surface area contributed by atoms with E-state index in [2.05, 4.69) is 77.4 Å². The van der Waals surface area contributed by atoms with Crippen molar-refractivity contribution in [3.05, 3.63) is 90.9 Å². The molecule has 0 amide bonds. The summed E-state index contributed by atoms with van der Waals surface area (Å²) in [5.74, 6) is 0. The Morgan fingerprint density at radius 2 is 1.30 bits per heavy atom. The van der Waals surface area contributed by atoms with Gasteiger partial charge in [-0.15, -0.1) is 0 Å². The number of rotatable bonds is 5. The summed E-state index contributed by atoms with van der Waals surface area (Å²) in [6.07, 6.45) is 5.22. The maximum atomic E-state index is 4.06. The minimum atomic E-state index is 0.914. The third kappa shape index (κ3) is 4.24. The average molecular weight is 302 g/mol. The second kappa shape index (κ2) is 7.16. The van der Waals surface area contributed by atoms with Gasteiger partial charge in [-0.25, -0.2) is 9.97 Å². The molecule has 0 unspecified atom stereocenters. The fourth-order valence-electron chi connectivity index (χ4n) is 2.57. The molecule has 0 spiro atoms. The number of hydrogen-bond donors (Lipinski definition) is 0. The van der Waals surface area contributed by atoms with Gasteiger partial charge in [0.2, 0.25) is 0 Å². The molecule has 1 radical (unpaired) electrons. The normalized spacial score (nSPS) is 10.9. The molecule has 0 aliphatic carbocycles. The van der Waals surface area contributed by atoms with Crippen LogP contribution in [0.5, 0.6) is 0 Å². The van der Waals surface area contributed by atoms with Crippen LogP contribution in [0.25, 0.3) is 11.1 Å². The molecule has 2 aromatic carbocycles. The first-order valence-corrected chi connectivity index (χ1v) is 7.64. The van der Waals surface area contributed by atoms with E-state index in [4.69, 9.17) is 0 Å². The lowest BCUT2D eigenvalue weighted by Gasteiger charge is -2.17. The van der Waals surface area contributed by atoms with Crippen LogP contribution in [0.2, 0.25) is 0 Å². The lowest BCUT2D eigenvalue weighted by molar-refractivity contribution is 0.319. The zero-order valence-electron chi connectivity index (χ0n) is 13.3. The molecule has 0 saturated carbocycles. The van der Waals surface area contributed by atoms with Crippen LogP contribution in [-0.2, 0) is 13.1 Å². The smallest absolute Gasteiger partial charge is 0.115 e. The quantitative estimate of drug-likeness (QED) is 0.714. The minimum absolute atomic E-state index is 0.914. The van der Waals surface area contributed by atoms with Crippen LogP contribution < -0.4 is 0 Å². The Morgan fingerprint density at radius 3 is 1.87 bits per heavy atom. The number of hydrogen-bond acceptors (Lipinski definition) is 3. The molecular weight excluding hydrogens is 282 g/mol. The topological polar surface area (TPSA) is 29.0 Å². The molecule has 23 heavy (non-hydrogen) atoms. The standard InChI is InChI=1S/C20H20N3/c1-16-3-5-17(6-4-16)13-23(2)14-18-7-9-19(10-8-18)20-11-21-15-22-12-20/h3-12,15H,1,13-14H2,2H3. The second-order valence-electron chi connectivity index (χ2n) is 5.81. The van der Waals surface area contributed by atoms with Gasteiger partial charge in [-0.2, -0.15) is 0 Å². The molecule has 0 bridgehead atoms. The first-order valence-electron chi connectivity index (χ1n) is 7.64. The van der Waals surface area contributed by atoms with Crippen LogP contribution in [0.1, 0.15) is 16.7 Å². The SMILES string of the molecule is [CH2]c1ccc(CN(C)Cc2ccc(-c3cncnc3)cc2)cc1. The van der Waals surface area contributed by atoms with E-state index in [0.717, 1.165) is 29.8 Å². The molecule has 0 aliphatic heterocycles. The van der Waals surface area contributed by atoms with Crippen LogP contribution in [0, 0.1) is 6.92 Å². The molecule has 0 N–H and O–H groups in total. The van der Waals surface area contributed by atoms with Crippen molar-refractivity contribution in [2.45, 2.75) is 13.1 Å². The maximum absolute atomic E-state index is 4.06. The number of aromatic nitrogens is 2. The van der Waals surface area contributed by atoms with Gasteiger partial charge >= 0.3 is 0 Å². The van der Waals surface area contributed by atoms with Crippen molar-refractivity contribution in [2.75, 3.05) is 7.05 Å². The molecule has 1 heterocycles. The lowest BCUT2D eigenvalue weighted by atomic mass is 10.1. The van der Waals surface area contributed by atoms with Gasteiger partial charge in [0.1, 0.15) is 6.33 Å². The Labute approximate surface area is 137 Å². The van der Waals surface area contributed by atoms with Gasteiger partial charge < -0.3 is 0 Å². The Morgan fingerprint density at radius 1 is 0.783 bits per heavy atom. The molecule has 3 heteroatoms. The predicted octanol–water partition coefficient (Wildman–Crippen LogP) is 3.96. The molecule has 0 saturated heterocycles. The van der Waals surface area contributed by atoms with Gasteiger partial charge in [-0.1, -0.05) is 48.5 Å². The molecule has 1 aromatic heterocycles. The average Bonchev–Trinajstić information content (AvgIpc) is 2.58. The summed E-state index contributed by atoms with van der Waals surface area (Å²) in [4.78, 5) is 10.4. The Hall–Kier alpha value is -2.52. The molecule has 0 atom stereocenters. The van der Waals surface area contributed by atoms with Crippen molar-refractivity contribution in [2.24, 2.45) is 0 Å². The van der Waals surface area contributed by atoms with E-state index >= 15 is 0 Å². The van der Waals surface area contributed by atoms with Crippen LogP contribution >= 0.6 is 0 Å². The summed E-state index contributed by atoms with van der Waals surface area (Å²) in [6.45, 7) is 5.76. The highest BCUT2D eigenvalue weighted by molar-refractivity contribution is 5.61. The summed E-state index contributed by atoms with van der Waals surface area (Å²) in [7, 11) is 2.14. The predicted molar refractivity (Wildman–Crippen MR) is 93.5 cm³/mol. The summed E-state index contributed by atoms with van der Waals surface area (Å²) >= 11 is 0. The van der Waals surface area contributed by atoms with Gasteiger partial charge in [0.15, 0.2) is 0 Å². The summed E-state index contributed by atoms with van der Waals surface area (Å²) in [5.41, 5.74) is 5.83. The first kappa shape index (κ1) is 15.4. The first-order chi connectivity index (χ1) is 11.2. The van der Waals surface area contributed by atoms with E-state index in [1.165, 1.54) is 11.1 Å². The van der Waals surface area contributed by atoms with Crippen LogP contribution in [0.4, 0.5) is 0 Å². The molecule has 3 rings (SSSR count). The summed E-state index contributed by atoms with van der Waals surface area (Å²) < 4.78 is 0. The Bertz CT molecular complexity index is 734. The van der Waals surface area contributed by atoms with Gasteiger partial charge in [-0.05, 0) is 36.2 Å². The molecule has 3 nitrogen and oxygen atoms in total.